The first-order chi connectivity index (χ1) is 11.8. The Hall–Kier alpha value is -1.82. The summed E-state index contributed by atoms with van der Waals surface area (Å²) < 4.78 is 0. The number of rotatable bonds is 5. The molecular formula is C19H23N3OS. The Balaban J connectivity index is 1.77. The molecule has 1 aliphatic rings. The van der Waals surface area contributed by atoms with Gasteiger partial charge in [-0.3, -0.25) is 4.90 Å². The van der Waals surface area contributed by atoms with Gasteiger partial charge in [-0.15, -0.1) is 0 Å². The lowest BCUT2D eigenvalue weighted by Crippen LogP contribution is -2.46. The van der Waals surface area contributed by atoms with Crippen LogP contribution in [0.4, 0.5) is 0 Å². The van der Waals surface area contributed by atoms with Gasteiger partial charge in [-0.25, -0.2) is 0 Å². The molecule has 5 heteroatoms. The summed E-state index contributed by atoms with van der Waals surface area (Å²) in [7, 11) is 2.14. The number of hydrogen-bond donors (Lipinski definition) is 1. The fourth-order valence-electron chi connectivity index (χ4n) is 2.80. The molecule has 0 saturated carbocycles. The second-order valence-electron chi connectivity index (χ2n) is 6.04. The smallest absolute Gasteiger partial charge is 0.102 e. The molecule has 126 valence electrons. The van der Waals surface area contributed by atoms with Crippen molar-refractivity contribution in [1.82, 2.24) is 9.80 Å². The summed E-state index contributed by atoms with van der Waals surface area (Å²) in [6.45, 7) is 4.79. The Kier molecular flexibility index (Phi) is 5.91. The van der Waals surface area contributed by atoms with Crippen LogP contribution in [-0.2, 0) is 0 Å². The fourth-order valence-corrected chi connectivity index (χ4v) is 3.79. The molecule has 1 fully saturated rings. The molecule has 0 spiro atoms. The second kappa shape index (κ2) is 8.33. The zero-order valence-electron chi connectivity index (χ0n) is 13.9. The number of hydrogen-bond acceptors (Lipinski definition) is 5. The van der Waals surface area contributed by atoms with Crippen molar-refractivity contribution in [3.8, 4) is 0 Å². The minimum atomic E-state index is 0.677. The molecule has 3 rings (SSSR count). The molecule has 0 atom stereocenters. The maximum Gasteiger partial charge on any atom is 0.102 e. The number of piperazine rings is 1. The molecule has 2 aromatic rings. The molecule has 1 heterocycles. The van der Waals surface area contributed by atoms with Gasteiger partial charge in [-0.05, 0) is 25.2 Å². The van der Waals surface area contributed by atoms with Crippen molar-refractivity contribution < 1.29 is 5.21 Å². The summed E-state index contributed by atoms with van der Waals surface area (Å²) in [6.07, 6.45) is 0. The Morgan fingerprint density at radius 2 is 1.67 bits per heavy atom. The standard InChI is InChI=1S/C19H23N3OS/c1-21-11-13-22(14-12-21)15-18(20-23)17-9-5-6-10-19(17)24-16-7-3-2-4-8-16/h2-10,23H,11-15H2,1H3. The minimum absolute atomic E-state index is 0.677. The van der Waals surface area contributed by atoms with Crippen molar-refractivity contribution in [2.75, 3.05) is 39.8 Å². The van der Waals surface area contributed by atoms with Crippen molar-refractivity contribution in [2.24, 2.45) is 5.16 Å². The lowest BCUT2D eigenvalue weighted by atomic mass is 10.1. The molecule has 0 aromatic heterocycles. The van der Waals surface area contributed by atoms with Crippen LogP contribution in [0.2, 0.25) is 0 Å². The lowest BCUT2D eigenvalue weighted by molar-refractivity contribution is 0.169. The van der Waals surface area contributed by atoms with Crippen LogP contribution in [0.15, 0.2) is 69.5 Å². The third kappa shape index (κ3) is 4.38. The summed E-state index contributed by atoms with van der Waals surface area (Å²) in [5.74, 6) is 0. The molecule has 1 aliphatic heterocycles. The molecule has 0 amide bonds. The first-order valence-electron chi connectivity index (χ1n) is 8.20. The third-order valence-corrected chi connectivity index (χ3v) is 5.34. The molecular weight excluding hydrogens is 318 g/mol. The van der Waals surface area contributed by atoms with E-state index in [1.807, 2.05) is 36.4 Å². The Labute approximate surface area is 147 Å². The van der Waals surface area contributed by atoms with Crippen LogP contribution in [0.5, 0.6) is 0 Å². The van der Waals surface area contributed by atoms with E-state index in [4.69, 9.17) is 0 Å². The molecule has 0 bridgehead atoms. The van der Waals surface area contributed by atoms with Gasteiger partial charge in [0.15, 0.2) is 0 Å². The maximum atomic E-state index is 9.59. The molecule has 0 unspecified atom stereocenters. The maximum absolute atomic E-state index is 9.59. The van der Waals surface area contributed by atoms with Crippen molar-refractivity contribution in [3.05, 3.63) is 60.2 Å². The van der Waals surface area contributed by atoms with Gasteiger partial charge >= 0.3 is 0 Å². The van der Waals surface area contributed by atoms with Crippen LogP contribution in [0.1, 0.15) is 5.56 Å². The largest absolute Gasteiger partial charge is 0.411 e. The highest BCUT2D eigenvalue weighted by Crippen LogP contribution is 2.30. The van der Waals surface area contributed by atoms with Crippen LogP contribution in [0, 0.1) is 0 Å². The quantitative estimate of drug-likeness (QED) is 0.515. The normalized spacial score (nSPS) is 17.1. The van der Waals surface area contributed by atoms with Gasteiger partial charge in [-0.1, -0.05) is 53.3 Å². The topological polar surface area (TPSA) is 39.1 Å². The summed E-state index contributed by atoms with van der Waals surface area (Å²) in [5, 5.41) is 13.2. The summed E-state index contributed by atoms with van der Waals surface area (Å²) in [6, 6.07) is 18.4. The van der Waals surface area contributed by atoms with Gasteiger partial charge in [0, 0.05) is 48.1 Å². The SMILES string of the molecule is CN1CCN(CC(=NO)c2ccccc2Sc2ccccc2)CC1. The number of nitrogens with zero attached hydrogens (tertiary/aromatic N) is 3. The monoisotopic (exact) mass is 341 g/mol. The fraction of sp³-hybridized carbons (Fsp3) is 0.316. The van der Waals surface area contributed by atoms with E-state index in [9.17, 15) is 5.21 Å². The van der Waals surface area contributed by atoms with Crippen molar-refractivity contribution in [1.29, 1.82) is 0 Å². The van der Waals surface area contributed by atoms with Gasteiger partial charge in [0.05, 0.1) is 0 Å². The number of benzene rings is 2. The van der Waals surface area contributed by atoms with E-state index in [2.05, 4.69) is 40.2 Å². The average Bonchev–Trinajstić information content (AvgIpc) is 2.63. The zero-order valence-corrected chi connectivity index (χ0v) is 14.7. The van der Waals surface area contributed by atoms with E-state index >= 15 is 0 Å². The highest BCUT2D eigenvalue weighted by Gasteiger charge is 2.18. The molecule has 0 radical (unpaired) electrons. The molecule has 1 saturated heterocycles. The van der Waals surface area contributed by atoms with Crippen LogP contribution in [0.25, 0.3) is 0 Å². The van der Waals surface area contributed by atoms with E-state index in [-0.39, 0.29) is 0 Å². The molecule has 4 nitrogen and oxygen atoms in total. The first kappa shape index (κ1) is 17.0. The summed E-state index contributed by atoms with van der Waals surface area (Å²) in [4.78, 5) is 6.97. The summed E-state index contributed by atoms with van der Waals surface area (Å²) in [5.41, 5.74) is 1.74. The van der Waals surface area contributed by atoms with Crippen LogP contribution in [-0.4, -0.2) is 60.5 Å². The van der Waals surface area contributed by atoms with E-state index in [0.29, 0.717) is 6.54 Å². The summed E-state index contributed by atoms with van der Waals surface area (Å²) >= 11 is 1.70. The van der Waals surface area contributed by atoms with Gasteiger partial charge < -0.3 is 10.1 Å². The van der Waals surface area contributed by atoms with E-state index in [0.717, 1.165) is 42.3 Å². The van der Waals surface area contributed by atoms with Gasteiger partial charge in [-0.2, -0.15) is 0 Å². The predicted octanol–water partition coefficient (Wildman–Crippen LogP) is 3.26. The Bertz CT molecular complexity index is 682. The second-order valence-corrected chi connectivity index (χ2v) is 7.15. The Morgan fingerprint density at radius 3 is 2.38 bits per heavy atom. The minimum Gasteiger partial charge on any atom is -0.411 e. The average molecular weight is 341 g/mol. The third-order valence-electron chi connectivity index (χ3n) is 4.26. The van der Waals surface area contributed by atoms with Crippen molar-refractivity contribution in [2.45, 2.75) is 9.79 Å². The molecule has 2 aromatic carbocycles. The van der Waals surface area contributed by atoms with E-state index < -0.39 is 0 Å². The van der Waals surface area contributed by atoms with Crippen molar-refractivity contribution >= 4 is 17.5 Å². The highest BCUT2D eigenvalue weighted by atomic mass is 32.2. The first-order valence-corrected chi connectivity index (χ1v) is 9.02. The van der Waals surface area contributed by atoms with Gasteiger partial charge in [0.2, 0.25) is 0 Å². The van der Waals surface area contributed by atoms with Crippen LogP contribution >= 0.6 is 11.8 Å². The van der Waals surface area contributed by atoms with E-state index in [1.165, 1.54) is 4.90 Å². The van der Waals surface area contributed by atoms with Crippen molar-refractivity contribution in [3.63, 3.8) is 0 Å². The predicted molar refractivity (Wildman–Crippen MR) is 99.3 cm³/mol. The Morgan fingerprint density at radius 1 is 1.00 bits per heavy atom. The lowest BCUT2D eigenvalue weighted by Gasteiger charge is -2.32. The molecule has 1 N–H and O–H groups in total. The number of likely N-dealkylation sites (N-methyl/N-ethyl adjacent to an activating group) is 1. The molecule has 24 heavy (non-hydrogen) atoms. The molecule has 0 aliphatic carbocycles. The van der Waals surface area contributed by atoms with E-state index in [1.54, 1.807) is 11.8 Å². The van der Waals surface area contributed by atoms with Crippen LogP contribution in [0.3, 0.4) is 0 Å². The zero-order chi connectivity index (χ0) is 16.8. The number of oxime groups is 1. The van der Waals surface area contributed by atoms with Gasteiger partial charge in [0.25, 0.3) is 0 Å². The highest BCUT2D eigenvalue weighted by molar-refractivity contribution is 7.99. The van der Waals surface area contributed by atoms with Crippen LogP contribution < -0.4 is 0 Å². The van der Waals surface area contributed by atoms with Gasteiger partial charge in [0.1, 0.15) is 5.71 Å².